The van der Waals surface area contributed by atoms with Crippen LogP contribution in [-0.2, 0) is 4.79 Å². The van der Waals surface area contributed by atoms with Crippen LogP contribution in [0.2, 0.25) is 0 Å². The molecular formula is C20H21N3OS2. The topological polar surface area (TPSA) is 45.6 Å². The predicted octanol–water partition coefficient (Wildman–Crippen LogP) is 5.39. The van der Waals surface area contributed by atoms with Gasteiger partial charge in [0.05, 0.1) is 10.6 Å². The predicted molar refractivity (Wildman–Crippen MR) is 110 cm³/mol. The van der Waals surface area contributed by atoms with Crippen molar-refractivity contribution in [1.29, 1.82) is 0 Å². The van der Waals surface area contributed by atoms with Gasteiger partial charge in [-0.1, -0.05) is 49.6 Å². The highest BCUT2D eigenvalue weighted by atomic mass is 32.2. The van der Waals surface area contributed by atoms with Crippen LogP contribution in [0.4, 0.5) is 5.13 Å². The van der Waals surface area contributed by atoms with Crippen LogP contribution >= 0.6 is 23.1 Å². The van der Waals surface area contributed by atoms with Gasteiger partial charge in [0.2, 0.25) is 5.13 Å². The van der Waals surface area contributed by atoms with Crippen molar-refractivity contribution in [2.24, 2.45) is 4.99 Å². The molecule has 1 amide bonds. The van der Waals surface area contributed by atoms with E-state index in [1.807, 2.05) is 53.6 Å². The number of aromatic nitrogens is 1. The molecule has 1 aromatic carbocycles. The molecule has 0 unspecified atom stereocenters. The number of hydrogen-bond donors (Lipinski definition) is 0. The first-order chi connectivity index (χ1) is 12.7. The second kappa shape index (κ2) is 7.76. The third-order valence-electron chi connectivity index (χ3n) is 4.67. The molecule has 0 bridgehead atoms. The molecule has 1 aromatic heterocycles. The molecule has 2 aliphatic rings. The van der Waals surface area contributed by atoms with Crippen molar-refractivity contribution in [2.45, 2.75) is 45.1 Å². The lowest BCUT2D eigenvalue weighted by Gasteiger charge is -2.30. The fraction of sp³-hybridized carbons (Fsp3) is 0.350. The minimum atomic E-state index is 0.0813. The van der Waals surface area contributed by atoms with E-state index in [0.717, 1.165) is 39.3 Å². The Balaban J connectivity index is 1.69. The van der Waals surface area contributed by atoms with E-state index in [2.05, 4.69) is 4.98 Å². The second-order valence-corrected chi connectivity index (χ2v) is 8.50. The van der Waals surface area contributed by atoms with E-state index in [1.54, 1.807) is 0 Å². The molecule has 1 aliphatic heterocycles. The number of amides is 1. The second-order valence-electron chi connectivity index (χ2n) is 6.65. The van der Waals surface area contributed by atoms with Gasteiger partial charge in [-0.25, -0.2) is 4.98 Å². The van der Waals surface area contributed by atoms with Gasteiger partial charge in [0.15, 0.2) is 5.17 Å². The Hall–Kier alpha value is -1.92. The van der Waals surface area contributed by atoms with Gasteiger partial charge in [0.25, 0.3) is 5.91 Å². The zero-order chi connectivity index (χ0) is 17.9. The molecule has 4 nitrogen and oxygen atoms in total. The molecule has 26 heavy (non-hydrogen) atoms. The van der Waals surface area contributed by atoms with E-state index in [4.69, 9.17) is 4.99 Å². The van der Waals surface area contributed by atoms with E-state index >= 15 is 0 Å². The summed E-state index contributed by atoms with van der Waals surface area (Å²) in [6, 6.07) is 10.3. The van der Waals surface area contributed by atoms with Crippen LogP contribution in [0.25, 0.3) is 6.08 Å². The van der Waals surface area contributed by atoms with Crippen molar-refractivity contribution in [1.82, 2.24) is 9.88 Å². The summed E-state index contributed by atoms with van der Waals surface area (Å²) in [5.41, 5.74) is 2.01. The van der Waals surface area contributed by atoms with Gasteiger partial charge in [-0.3, -0.25) is 9.69 Å². The number of thioether (sulfide) groups is 1. The van der Waals surface area contributed by atoms with Crippen LogP contribution in [0.15, 0.2) is 45.6 Å². The van der Waals surface area contributed by atoms with Gasteiger partial charge >= 0.3 is 0 Å². The monoisotopic (exact) mass is 383 g/mol. The first-order valence-electron chi connectivity index (χ1n) is 9.00. The lowest BCUT2D eigenvalue weighted by atomic mass is 9.94. The number of thiazole rings is 1. The summed E-state index contributed by atoms with van der Waals surface area (Å²) < 4.78 is 0. The van der Waals surface area contributed by atoms with Crippen molar-refractivity contribution in [3.63, 3.8) is 0 Å². The first-order valence-corrected chi connectivity index (χ1v) is 10.7. The van der Waals surface area contributed by atoms with Crippen LogP contribution in [0, 0.1) is 6.92 Å². The maximum absolute atomic E-state index is 13.2. The Labute approximate surface area is 162 Å². The first kappa shape index (κ1) is 17.5. The number of amidine groups is 1. The fourth-order valence-corrected chi connectivity index (χ4v) is 5.16. The fourth-order valence-electron chi connectivity index (χ4n) is 3.40. The molecular weight excluding hydrogens is 362 g/mol. The van der Waals surface area contributed by atoms with Crippen molar-refractivity contribution in [3.8, 4) is 0 Å². The van der Waals surface area contributed by atoms with Gasteiger partial charge in [-0.15, -0.1) is 11.3 Å². The zero-order valence-corrected chi connectivity index (χ0v) is 16.4. The maximum Gasteiger partial charge on any atom is 0.267 e. The standard InChI is InChI=1S/C20H21N3OS2/c1-14-13-25-19(21-14)22-20-23(16-10-6-3-7-11-16)18(24)17(26-20)12-15-8-4-2-5-9-15/h2,4-5,8-9,12-13,16H,3,6-7,10-11H2,1H3/b17-12-,22-20+. The third kappa shape index (κ3) is 3.76. The number of aryl methyl sites for hydroxylation is 1. The van der Waals surface area contributed by atoms with Crippen LogP contribution in [-0.4, -0.2) is 27.0 Å². The highest BCUT2D eigenvalue weighted by Gasteiger charge is 2.38. The smallest absolute Gasteiger partial charge is 0.267 e. The average molecular weight is 384 g/mol. The van der Waals surface area contributed by atoms with E-state index in [0.29, 0.717) is 0 Å². The van der Waals surface area contributed by atoms with Crippen LogP contribution in [0.1, 0.15) is 43.4 Å². The molecule has 134 valence electrons. The quantitative estimate of drug-likeness (QED) is 0.668. The number of carbonyl (C=O) groups is 1. The summed E-state index contributed by atoms with van der Waals surface area (Å²) in [5, 5.41) is 3.49. The molecule has 0 atom stereocenters. The minimum Gasteiger partial charge on any atom is -0.283 e. The summed E-state index contributed by atoms with van der Waals surface area (Å²) in [4.78, 5) is 25.0. The Morgan fingerprint density at radius 2 is 1.96 bits per heavy atom. The number of hydrogen-bond acceptors (Lipinski definition) is 5. The van der Waals surface area contributed by atoms with Crippen molar-refractivity contribution in [2.75, 3.05) is 0 Å². The highest BCUT2D eigenvalue weighted by Crippen LogP contribution is 2.38. The van der Waals surface area contributed by atoms with Gasteiger partial charge in [0.1, 0.15) is 0 Å². The van der Waals surface area contributed by atoms with Crippen LogP contribution in [0.3, 0.4) is 0 Å². The number of carbonyl (C=O) groups excluding carboxylic acids is 1. The van der Waals surface area contributed by atoms with Gasteiger partial charge in [-0.05, 0) is 43.2 Å². The molecule has 0 N–H and O–H groups in total. The molecule has 6 heteroatoms. The third-order valence-corrected chi connectivity index (χ3v) is 6.51. The van der Waals surface area contributed by atoms with Crippen molar-refractivity contribution in [3.05, 3.63) is 51.9 Å². The number of aliphatic imine (C=N–C) groups is 1. The van der Waals surface area contributed by atoms with Gasteiger partial charge in [-0.2, -0.15) is 4.99 Å². The van der Waals surface area contributed by atoms with E-state index in [9.17, 15) is 4.79 Å². The Morgan fingerprint density at radius 3 is 2.65 bits per heavy atom. The van der Waals surface area contributed by atoms with E-state index < -0.39 is 0 Å². The molecule has 4 rings (SSSR count). The van der Waals surface area contributed by atoms with E-state index in [1.165, 1.54) is 42.4 Å². The largest absolute Gasteiger partial charge is 0.283 e. The minimum absolute atomic E-state index is 0.0813. The molecule has 1 aliphatic carbocycles. The Morgan fingerprint density at radius 1 is 1.19 bits per heavy atom. The van der Waals surface area contributed by atoms with Gasteiger partial charge < -0.3 is 0 Å². The summed E-state index contributed by atoms with van der Waals surface area (Å²) in [5.74, 6) is 0.0813. The number of rotatable bonds is 3. The summed E-state index contributed by atoms with van der Waals surface area (Å²) in [7, 11) is 0. The number of nitrogens with zero attached hydrogens (tertiary/aromatic N) is 3. The normalized spacial score (nSPS) is 21.9. The van der Waals surface area contributed by atoms with Gasteiger partial charge in [0, 0.05) is 11.4 Å². The average Bonchev–Trinajstić information content (AvgIpc) is 3.20. The molecule has 2 heterocycles. The zero-order valence-electron chi connectivity index (χ0n) is 14.7. The molecule has 1 saturated carbocycles. The molecule has 0 spiro atoms. The summed E-state index contributed by atoms with van der Waals surface area (Å²) in [6.07, 6.45) is 7.71. The van der Waals surface area contributed by atoms with Crippen LogP contribution in [0.5, 0.6) is 0 Å². The molecule has 2 fully saturated rings. The summed E-state index contributed by atoms with van der Waals surface area (Å²) in [6.45, 7) is 1.97. The van der Waals surface area contributed by atoms with Crippen molar-refractivity contribution < 1.29 is 4.79 Å². The summed E-state index contributed by atoms with van der Waals surface area (Å²) >= 11 is 3.00. The highest BCUT2D eigenvalue weighted by molar-refractivity contribution is 8.18. The Kier molecular flexibility index (Phi) is 5.22. The molecule has 1 saturated heterocycles. The van der Waals surface area contributed by atoms with E-state index in [-0.39, 0.29) is 11.9 Å². The lowest BCUT2D eigenvalue weighted by molar-refractivity contribution is -0.124. The number of benzene rings is 1. The van der Waals surface area contributed by atoms with Crippen molar-refractivity contribution >= 4 is 45.4 Å². The maximum atomic E-state index is 13.2. The van der Waals surface area contributed by atoms with Crippen LogP contribution < -0.4 is 0 Å². The molecule has 0 radical (unpaired) electrons. The molecule has 2 aromatic rings. The SMILES string of the molecule is Cc1csc(/N=C2/S/C(=C\c3ccccc3)C(=O)N2C2CCCCC2)n1. The lowest BCUT2D eigenvalue weighted by Crippen LogP contribution is -2.40. The Bertz CT molecular complexity index is 851.